The van der Waals surface area contributed by atoms with Gasteiger partial charge >= 0.3 is 0 Å². The van der Waals surface area contributed by atoms with Crippen LogP contribution in [-0.4, -0.2) is 24.4 Å². The Labute approximate surface area is 141 Å². The van der Waals surface area contributed by atoms with Gasteiger partial charge in [-0.05, 0) is 35.7 Å². The fraction of sp³-hybridized carbons (Fsp3) is 0.263. The first-order chi connectivity index (χ1) is 11.8. The average molecular weight is 324 g/mol. The molecule has 0 amide bonds. The van der Waals surface area contributed by atoms with Crippen LogP contribution in [-0.2, 0) is 19.3 Å². The minimum Gasteiger partial charge on any atom is -0.497 e. The molecule has 0 atom stereocenters. The number of para-hydroxylation sites is 1. The topological polar surface area (TPSA) is 57.4 Å². The fourth-order valence-corrected chi connectivity index (χ4v) is 2.53. The lowest BCUT2D eigenvalue weighted by molar-refractivity contribution is 0.407. The van der Waals surface area contributed by atoms with E-state index in [1.54, 1.807) is 14.2 Å². The van der Waals surface area contributed by atoms with Gasteiger partial charge in [-0.1, -0.05) is 30.3 Å². The molecule has 0 N–H and O–H groups in total. The summed E-state index contributed by atoms with van der Waals surface area (Å²) in [5.41, 5.74) is 2.24. The molecule has 0 spiro atoms. The average Bonchev–Trinajstić information content (AvgIpc) is 3.08. The first-order valence-corrected chi connectivity index (χ1v) is 7.84. The van der Waals surface area contributed by atoms with E-state index in [1.165, 1.54) is 0 Å². The third kappa shape index (κ3) is 3.93. The van der Waals surface area contributed by atoms with Gasteiger partial charge in [-0.25, -0.2) is 0 Å². The first-order valence-electron chi connectivity index (χ1n) is 7.84. The molecule has 0 radical (unpaired) electrons. The third-order valence-corrected chi connectivity index (χ3v) is 3.82. The highest BCUT2D eigenvalue weighted by molar-refractivity contribution is 5.33. The summed E-state index contributed by atoms with van der Waals surface area (Å²) in [5.74, 6) is 2.98. The minimum absolute atomic E-state index is 0.617. The number of aryl methyl sites for hydroxylation is 2. The molecule has 0 bridgehead atoms. The Morgan fingerprint density at radius 3 is 2.33 bits per heavy atom. The van der Waals surface area contributed by atoms with Gasteiger partial charge in [0.25, 0.3) is 0 Å². The van der Waals surface area contributed by atoms with Crippen LogP contribution < -0.4 is 9.47 Å². The summed E-state index contributed by atoms with van der Waals surface area (Å²) in [7, 11) is 3.33. The van der Waals surface area contributed by atoms with Crippen molar-refractivity contribution in [2.45, 2.75) is 19.3 Å². The first kappa shape index (κ1) is 16.1. The Morgan fingerprint density at radius 1 is 0.833 bits per heavy atom. The second kappa shape index (κ2) is 7.64. The molecular formula is C19H20N2O3. The van der Waals surface area contributed by atoms with Crippen molar-refractivity contribution in [3.8, 4) is 11.5 Å². The van der Waals surface area contributed by atoms with E-state index in [-0.39, 0.29) is 0 Å². The number of ether oxygens (including phenoxy) is 2. The summed E-state index contributed by atoms with van der Waals surface area (Å²) in [6.45, 7) is 0. The Morgan fingerprint density at radius 2 is 1.58 bits per heavy atom. The van der Waals surface area contributed by atoms with Gasteiger partial charge in [0.15, 0.2) is 0 Å². The maximum atomic E-state index is 5.75. The minimum atomic E-state index is 0.617. The van der Waals surface area contributed by atoms with Gasteiger partial charge in [-0.15, -0.1) is 10.2 Å². The van der Waals surface area contributed by atoms with Crippen molar-refractivity contribution in [3.63, 3.8) is 0 Å². The van der Waals surface area contributed by atoms with Crippen LogP contribution in [0.1, 0.15) is 22.9 Å². The molecule has 24 heavy (non-hydrogen) atoms. The van der Waals surface area contributed by atoms with Crippen LogP contribution in [0.25, 0.3) is 0 Å². The lowest BCUT2D eigenvalue weighted by atomic mass is 10.1. The quantitative estimate of drug-likeness (QED) is 0.666. The molecule has 124 valence electrons. The van der Waals surface area contributed by atoms with Crippen molar-refractivity contribution in [1.82, 2.24) is 10.2 Å². The van der Waals surface area contributed by atoms with Crippen molar-refractivity contribution < 1.29 is 13.9 Å². The van der Waals surface area contributed by atoms with E-state index in [2.05, 4.69) is 10.2 Å². The number of rotatable bonds is 7. The molecule has 0 saturated carbocycles. The standard InChI is InChI=1S/C19H20N2O3/c1-22-16-10-7-14(8-11-16)13-19-21-20-18(24-19)12-9-15-5-3-4-6-17(15)23-2/h3-8,10-11H,9,12-13H2,1-2H3. The van der Waals surface area contributed by atoms with Crippen LogP contribution in [0.15, 0.2) is 52.9 Å². The molecule has 0 aliphatic rings. The molecule has 0 aliphatic carbocycles. The van der Waals surface area contributed by atoms with Gasteiger partial charge in [-0.3, -0.25) is 0 Å². The van der Waals surface area contributed by atoms with E-state index in [0.717, 1.165) is 29.0 Å². The third-order valence-electron chi connectivity index (χ3n) is 3.82. The molecule has 1 aromatic heterocycles. The zero-order valence-corrected chi connectivity index (χ0v) is 13.9. The summed E-state index contributed by atoms with van der Waals surface area (Å²) in [4.78, 5) is 0. The summed E-state index contributed by atoms with van der Waals surface area (Å²) in [6.07, 6.45) is 2.11. The molecule has 0 fully saturated rings. The zero-order valence-electron chi connectivity index (χ0n) is 13.9. The smallest absolute Gasteiger partial charge is 0.220 e. The molecule has 2 aromatic carbocycles. The van der Waals surface area contributed by atoms with Gasteiger partial charge in [0.1, 0.15) is 11.5 Å². The number of benzene rings is 2. The van der Waals surface area contributed by atoms with E-state index in [9.17, 15) is 0 Å². The monoisotopic (exact) mass is 324 g/mol. The van der Waals surface area contributed by atoms with Gasteiger partial charge in [0.2, 0.25) is 11.8 Å². The Bertz CT molecular complexity index is 781. The van der Waals surface area contributed by atoms with Crippen molar-refractivity contribution in [1.29, 1.82) is 0 Å². The van der Waals surface area contributed by atoms with Gasteiger partial charge in [-0.2, -0.15) is 0 Å². The lowest BCUT2D eigenvalue weighted by Gasteiger charge is -2.06. The normalized spacial score (nSPS) is 10.6. The van der Waals surface area contributed by atoms with Gasteiger partial charge < -0.3 is 13.9 Å². The van der Waals surface area contributed by atoms with Crippen LogP contribution in [0, 0.1) is 0 Å². The summed E-state index contributed by atoms with van der Waals surface area (Å²) in [6, 6.07) is 15.8. The van der Waals surface area contributed by atoms with Crippen LogP contribution in [0.5, 0.6) is 11.5 Å². The lowest BCUT2D eigenvalue weighted by Crippen LogP contribution is -1.95. The molecule has 3 aromatic rings. The van der Waals surface area contributed by atoms with Crippen molar-refractivity contribution in [2.24, 2.45) is 0 Å². The highest BCUT2D eigenvalue weighted by atomic mass is 16.5. The molecule has 0 saturated heterocycles. The van der Waals surface area contributed by atoms with E-state index in [0.29, 0.717) is 24.6 Å². The predicted molar refractivity (Wildman–Crippen MR) is 90.5 cm³/mol. The Kier molecular flexibility index (Phi) is 5.11. The van der Waals surface area contributed by atoms with Crippen molar-refractivity contribution in [2.75, 3.05) is 14.2 Å². The van der Waals surface area contributed by atoms with E-state index in [1.807, 2.05) is 48.5 Å². The molecule has 0 aliphatic heterocycles. The molecule has 5 nitrogen and oxygen atoms in total. The summed E-state index contributed by atoms with van der Waals surface area (Å²) >= 11 is 0. The van der Waals surface area contributed by atoms with Crippen molar-refractivity contribution in [3.05, 3.63) is 71.4 Å². The molecule has 3 rings (SSSR count). The van der Waals surface area contributed by atoms with Crippen LogP contribution in [0.3, 0.4) is 0 Å². The number of methoxy groups -OCH3 is 2. The Balaban J connectivity index is 1.60. The zero-order chi connectivity index (χ0) is 16.8. The van der Waals surface area contributed by atoms with E-state index in [4.69, 9.17) is 13.9 Å². The highest BCUT2D eigenvalue weighted by Gasteiger charge is 2.09. The maximum absolute atomic E-state index is 5.75. The second-order valence-electron chi connectivity index (χ2n) is 5.43. The molecule has 5 heteroatoms. The van der Waals surface area contributed by atoms with Gasteiger partial charge in [0.05, 0.1) is 20.6 Å². The summed E-state index contributed by atoms with van der Waals surface area (Å²) in [5, 5.41) is 8.26. The van der Waals surface area contributed by atoms with E-state index >= 15 is 0 Å². The summed E-state index contributed by atoms with van der Waals surface area (Å²) < 4.78 is 16.3. The van der Waals surface area contributed by atoms with Gasteiger partial charge in [0, 0.05) is 6.42 Å². The fourth-order valence-electron chi connectivity index (χ4n) is 2.53. The number of hydrogen-bond acceptors (Lipinski definition) is 5. The number of aromatic nitrogens is 2. The number of hydrogen-bond donors (Lipinski definition) is 0. The predicted octanol–water partition coefficient (Wildman–Crippen LogP) is 3.46. The largest absolute Gasteiger partial charge is 0.497 e. The molecule has 1 heterocycles. The second-order valence-corrected chi connectivity index (χ2v) is 5.43. The maximum Gasteiger partial charge on any atom is 0.220 e. The Hall–Kier alpha value is -2.82. The number of nitrogens with zero attached hydrogens (tertiary/aromatic N) is 2. The molecular weight excluding hydrogens is 304 g/mol. The van der Waals surface area contributed by atoms with Crippen LogP contribution >= 0.6 is 0 Å². The highest BCUT2D eigenvalue weighted by Crippen LogP contribution is 2.19. The SMILES string of the molecule is COc1ccc(Cc2nnc(CCc3ccccc3OC)o2)cc1. The van der Waals surface area contributed by atoms with Crippen LogP contribution in [0.4, 0.5) is 0 Å². The van der Waals surface area contributed by atoms with Crippen LogP contribution in [0.2, 0.25) is 0 Å². The van der Waals surface area contributed by atoms with Crippen molar-refractivity contribution >= 4 is 0 Å². The van der Waals surface area contributed by atoms with E-state index < -0.39 is 0 Å². The molecule has 0 unspecified atom stereocenters.